The smallest absolute Gasteiger partial charge is 0.127 e. The topological polar surface area (TPSA) is 24.5 Å². The van der Waals surface area contributed by atoms with Crippen molar-refractivity contribution in [2.75, 3.05) is 26.2 Å². The first-order valence-electron chi connectivity index (χ1n) is 8.50. The van der Waals surface area contributed by atoms with Gasteiger partial charge in [0.1, 0.15) is 5.75 Å². The van der Waals surface area contributed by atoms with Gasteiger partial charge in [0.25, 0.3) is 0 Å². The van der Waals surface area contributed by atoms with E-state index in [0.717, 1.165) is 44.0 Å². The van der Waals surface area contributed by atoms with Gasteiger partial charge in [-0.1, -0.05) is 42.5 Å². The van der Waals surface area contributed by atoms with E-state index in [2.05, 4.69) is 60.5 Å². The van der Waals surface area contributed by atoms with E-state index >= 15 is 0 Å². The van der Waals surface area contributed by atoms with Gasteiger partial charge in [0.05, 0.1) is 6.10 Å². The normalized spacial score (nSPS) is 15.8. The fraction of sp³-hybridized carbons (Fsp3) is 0.400. The van der Waals surface area contributed by atoms with Crippen molar-refractivity contribution >= 4 is 0 Å². The molecule has 1 N–H and O–H groups in total. The van der Waals surface area contributed by atoms with Crippen LogP contribution in [0.2, 0.25) is 0 Å². The molecule has 1 aliphatic rings. The highest BCUT2D eigenvalue weighted by atomic mass is 16.5. The van der Waals surface area contributed by atoms with Crippen molar-refractivity contribution in [3.63, 3.8) is 0 Å². The number of nitrogens with one attached hydrogen (secondary N) is 1. The molecule has 1 saturated heterocycles. The number of rotatable bonds is 5. The number of ether oxygens (including phenoxy) is 1. The van der Waals surface area contributed by atoms with Crippen molar-refractivity contribution in [3.05, 3.63) is 54.1 Å². The molecule has 2 aromatic rings. The van der Waals surface area contributed by atoms with Crippen molar-refractivity contribution in [2.45, 2.75) is 26.5 Å². The first kappa shape index (κ1) is 16.0. The van der Waals surface area contributed by atoms with Gasteiger partial charge in [-0.25, -0.2) is 0 Å². The second-order valence-corrected chi connectivity index (χ2v) is 6.39. The van der Waals surface area contributed by atoms with E-state index in [1.807, 2.05) is 12.1 Å². The van der Waals surface area contributed by atoms with E-state index in [1.165, 1.54) is 11.1 Å². The fourth-order valence-corrected chi connectivity index (χ4v) is 2.98. The van der Waals surface area contributed by atoms with Crippen LogP contribution in [0.25, 0.3) is 11.1 Å². The molecular formula is C20H26N2O. The lowest BCUT2D eigenvalue weighted by molar-refractivity contribution is 0.233. The van der Waals surface area contributed by atoms with Crippen LogP contribution in [0.3, 0.4) is 0 Å². The Balaban J connectivity index is 1.74. The number of para-hydroxylation sites is 1. The maximum atomic E-state index is 5.94. The van der Waals surface area contributed by atoms with E-state index in [1.54, 1.807) is 0 Å². The van der Waals surface area contributed by atoms with Gasteiger partial charge in [-0.05, 0) is 31.0 Å². The third-order valence-corrected chi connectivity index (χ3v) is 4.13. The molecule has 0 aromatic heterocycles. The van der Waals surface area contributed by atoms with Crippen LogP contribution in [-0.2, 0) is 6.54 Å². The van der Waals surface area contributed by atoms with Gasteiger partial charge in [0.15, 0.2) is 0 Å². The second kappa shape index (κ2) is 7.62. The predicted molar refractivity (Wildman–Crippen MR) is 95.8 cm³/mol. The van der Waals surface area contributed by atoms with Gasteiger partial charge in [-0.2, -0.15) is 0 Å². The van der Waals surface area contributed by atoms with Gasteiger partial charge in [0.2, 0.25) is 0 Å². The van der Waals surface area contributed by atoms with Gasteiger partial charge in [0, 0.05) is 38.3 Å². The van der Waals surface area contributed by atoms with Crippen LogP contribution in [0.1, 0.15) is 19.4 Å². The summed E-state index contributed by atoms with van der Waals surface area (Å²) < 4.78 is 5.94. The van der Waals surface area contributed by atoms with Crippen LogP contribution in [0.4, 0.5) is 0 Å². The first-order valence-corrected chi connectivity index (χ1v) is 8.50. The number of nitrogens with zero attached hydrogens (tertiary/aromatic N) is 1. The lowest BCUT2D eigenvalue weighted by atomic mass is 10.0. The average Bonchev–Trinajstić information content (AvgIpc) is 2.57. The minimum atomic E-state index is 0.183. The summed E-state index contributed by atoms with van der Waals surface area (Å²) in [6.45, 7) is 9.61. The number of hydrogen-bond acceptors (Lipinski definition) is 3. The summed E-state index contributed by atoms with van der Waals surface area (Å²) in [6, 6.07) is 17.2. The Morgan fingerprint density at radius 3 is 2.39 bits per heavy atom. The van der Waals surface area contributed by atoms with Gasteiger partial charge in [-0.15, -0.1) is 0 Å². The van der Waals surface area contributed by atoms with Crippen LogP contribution in [0.15, 0.2) is 48.5 Å². The lowest BCUT2D eigenvalue weighted by Gasteiger charge is -2.27. The summed E-state index contributed by atoms with van der Waals surface area (Å²) in [5, 5.41) is 3.40. The molecule has 0 spiro atoms. The molecule has 2 aromatic carbocycles. The Bertz CT molecular complexity index is 616. The minimum absolute atomic E-state index is 0.183. The second-order valence-electron chi connectivity index (χ2n) is 6.39. The molecule has 3 rings (SSSR count). The zero-order valence-electron chi connectivity index (χ0n) is 14.1. The molecule has 122 valence electrons. The molecule has 1 aliphatic heterocycles. The maximum Gasteiger partial charge on any atom is 0.127 e. The van der Waals surface area contributed by atoms with E-state index in [-0.39, 0.29) is 6.10 Å². The highest BCUT2D eigenvalue weighted by Gasteiger charge is 2.11. The van der Waals surface area contributed by atoms with Crippen LogP contribution < -0.4 is 10.1 Å². The number of benzene rings is 2. The molecule has 23 heavy (non-hydrogen) atoms. The summed E-state index contributed by atoms with van der Waals surface area (Å²) in [4.78, 5) is 2.50. The largest absolute Gasteiger partial charge is 0.490 e. The molecule has 1 heterocycles. The Hall–Kier alpha value is -1.84. The van der Waals surface area contributed by atoms with Gasteiger partial charge < -0.3 is 10.1 Å². The molecule has 0 bridgehead atoms. The summed E-state index contributed by atoms with van der Waals surface area (Å²) in [7, 11) is 0. The molecule has 0 saturated carbocycles. The van der Waals surface area contributed by atoms with Crippen molar-refractivity contribution in [2.24, 2.45) is 0 Å². The molecular weight excluding hydrogens is 284 g/mol. The molecule has 0 radical (unpaired) electrons. The molecule has 0 amide bonds. The summed E-state index contributed by atoms with van der Waals surface area (Å²) in [5.74, 6) is 0.956. The highest BCUT2D eigenvalue weighted by molar-refractivity contribution is 5.70. The van der Waals surface area contributed by atoms with Crippen LogP contribution in [-0.4, -0.2) is 37.2 Å². The zero-order valence-corrected chi connectivity index (χ0v) is 14.1. The van der Waals surface area contributed by atoms with E-state index in [9.17, 15) is 0 Å². The molecule has 3 nitrogen and oxygen atoms in total. The first-order chi connectivity index (χ1) is 11.2. The van der Waals surface area contributed by atoms with E-state index < -0.39 is 0 Å². The monoisotopic (exact) mass is 310 g/mol. The standard InChI is InChI=1S/C20H26N2O/c1-16(2)23-20-6-4-3-5-19(20)18-9-7-17(8-10-18)15-22-13-11-21-12-14-22/h3-10,16,21H,11-15H2,1-2H3. The Kier molecular flexibility index (Phi) is 5.31. The third kappa shape index (κ3) is 4.34. The zero-order chi connectivity index (χ0) is 16.1. The van der Waals surface area contributed by atoms with E-state index in [0.29, 0.717) is 0 Å². The van der Waals surface area contributed by atoms with Gasteiger partial charge >= 0.3 is 0 Å². The predicted octanol–water partition coefficient (Wildman–Crippen LogP) is 3.55. The van der Waals surface area contributed by atoms with Crippen molar-refractivity contribution in [1.82, 2.24) is 10.2 Å². The molecule has 0 unspecified atom stereocenters. The maximum absolute atomic E-state index is 5.94. The van der Waals surface area contributed by atoms with Crippen molar-refractivity contribution in [1.29, 1.82) is 0 Å². The van der Waals surface area contributed by atoms with Crippen molar-refractivity contribution in [3.8, 4) is 16.9 Å². The summed E-state index contributed by atoms with van der Waals surface area (Å²) >= 11 is 0. The fourth-order valence-electron chi connectivity index (χ4n) is 2.98. The van der Waals surface area contributed by atoms with Crippen LogP contribution in [0, 0.1) is 0 Å². The highest BCUT2D eigenvalue weighted by Crippen LogP contribution is 2.30. The van der Waals surface area contributed by atoms with Gasteiger partial charge in [-0.3, -0.25) is 4.90 Å². The summed E-state index contributed by atoms with van der Waals surface area (Å²) in [6.07, 6.45) is 0.183. The SMILES string of the molecule is CC(C)Oc1ccccc1-c1ccc(CN2CCNCC2)cc1. The Morgan fingerprint density at radius 2 is 1.70 bits per heavy atom. The lowest BCUT2D eigenvalue weighted by Crippen LogP contribution is -2.42. The minimum Gasteiger partial charge on any atom is -0.490 e. The molecule has 1 fully saturated rings. The van der Waals surface area contributed by atoms with Crippen molar-refractivity contribution < 1.29 is 4.74 Å². The third-order valence-electron chi connectivity index (χ3n) is 4.13. The molecule has 0 atom stereocenters. The number of piperazine rings is 1. The van der Waals surface area contributed by atoms with Crippen LogP contribution >= 0.6 is 0 Å². The number of hydrogen-bond donors (Lipinski definition) is 1. The van der Waals surface area contributed by atoms with Crippen LogP contribution in [0.5, 0.6) is 5.75 Å². The quantitative estimate of drug-likeness (QED) is 0.914. The van der Waals surface area contributed by atoms with E-state index in [4.69, 9.17) is 4.74 Å². The molecule has 0 aliphatic carbocycles. The Labute approximate surface area is 139 Å². The Morgan fingerprint density at radius 1 is 1.00 bits per heavy atom. The summed E-state index contributed by atoms with van der Waals surface area (Å²) in [5.41, 5.74) is 3.75. The molecule has 3 heteroatoms. The average molecular weight is 310 g/mol.